The maximum Gasteiger partial charge on any atom is 0.124 e. The van der Waals surface area contributed by atoms with Gasteiger partial charge in [-0.05, 0) is 30.9 Å². The Morgan fingerprint density at radius 1 is 1.25 bits per heavy atom. The first-order valence-corrected chi connectivity index (χ1v) is 7.81. The fourth-order valence-corrected chi connectivity index (χ4v) is 3.20. The van der Waals surface area contributed by atoms with E-state index in [0.717, 1.165) is 18.4 Å². The van der Waals surface area contributed by atoms with Crippen molar-refractivity contribution in [3.8, 4) is 11.5 Å². The van der Waals surface area contributed by atoms with Crippen molar-refractivity contribution in [2.45, 2.75) is 38.8 Å². The lowest BCUT2D eigenvalue weighted by molar-refractivity contribution is 0.413. The monoisotopic (exact) mass is 291 g/mol. The number of nitrogens with one attached hydrogen (secondary N) is 1. The third kappa shape index (κ3) is 3.52. The minimum Gasteiger partial charge on any atom is -0.508 e. The zero-order valence-electron chi connectivity index (χ0n) is 11.8. The minimum atomic E-state index is 0.0225. The fraction of sp³-hybridized carbons (Fsp3) is 0.375. The first-order chi connectivity index (χ1) is 9.61. The van der Waals surface area contributed by atoms with Crippen LogP contribution in [0.2, 0.25) is 0 Å². The molecular formula is C16H21NO2S. The van der Waals surface area contributed by atoms with Gasteiger partial charge in [-0.1, -0.05) is 25.5 Å². The highest BCUT2D eigenvalue weighted by Gasteiger charge is 2.17. The molecule has 0 aliphatic heterocycles. The second kappa shape index (κ2) is 6.77. The van der Waals surface area contributed by atoms with Gasteiger partial charge in [0.05, 0.1) is 0 Å². The predicted molar refractivity (Wildman–Crippen MR) is 83.3 cm³/mol. The maximum absolute atomic E-state index is 9.94. The topological polar surface area (TPSA) is 52.5 Å². The zero-order chi connectivity index (χ0) is 14.5. The van der Waals surface area contributed by atoms with Crippen molar-refractivity contribution < 1.29 is 10.2 Å². The Balaban J connectivity index is 2.13. The van der Waals surface area contributed by atoms with Gasteiger partial charge in [-0.2, -0.15) is 0 Å². The molecule has 3 nitrogen and oxygen atoms in total. The van der Waals surface area contributed by atoms with E-state index in [9.17, 15) is 10.2 Å². The largest absolute Gasteiger partial charge is 0.508 e. The van der Waals surface area contributed by atoms with E-state index in [0.29, 0.717) is 6.04 Å². The number of thiophene rings is 1. The molecule has 0 radical (unpaired) electrons. The molecule has 0 spiro atoms. The van der Waals surface area contributed by atoms with E-state index >= 15 is 0 Å². The van der Waals surface area contributed by atoms with Crippen LogP contribution in [0, 0.1) is 0 Å². The lowest BCUT2D eigenvalue weighted by Crippen LogP contribution is -2.24. The first kappa shape index (κ1) is 14.9. The Kier molecular flexibility index (Phi) is 5.04. The van der Waals surface area contributed by atoms with Crippen LogP contribution in [-0.2, 0) is 0 Å². The summed E-state index contributed by atoms with van der Waals surface area (Å²) in [5.41, 5.74) is 0.806. The molecule has 0 saturated heterocycles. The average molecular weight is 291 g/mol. The molecule has 0 aliphatic carbocycles. The number of hydrogen-bond donors (Lipinski definition) is 3. The van der Waals surface area contributed by atoms with Crippen molar-refractivity contribution in [1.82, 2.24) is 5.32 Å². The highest BCUT2D eigenvalue weighted by atomic mass is 32.1. The van der Waals surface area contributed by atoms with Crippen molar-refractivity contribution >= 4 is 11.3 Å². The molecule has 1 heterocycles. The van der Waals surface area contributed by atoms with E-state index in [4.69, 9.17) is 0 Å². The van der Waals surface area contributed by atoms with Gasteiger partial charge in [0.15, 0.2) is 0 Å². The van der Waals surface area contributed by atoms with Gasteiger partial charge in [0, 0.05) is 28.6 Å². The quantitative estimate of drug-likeness (QED) is 0.741. The lowest BCUT2D eigenvalue weighted by atomic mass is 10.0. The van der Waals surface area contributed by atoms with Crippen molar-refractivity contribution in [3.05, 3.63) is 46.2 Å². The molecule has 2 unspecified atom stereocenters. The predicted octanol–water partition coefficient (Wildman–Crippen LogP) is 4.35. The van der Waals surface area contributed by atoms with Gasteiger partial charge >= 0.3 is 0 Å². The van der Waals surface area contributed by atoms with Crippen LogP contribution in [0.4, 0.5) is 0 Å². The average Bonchev–Trinajstić information content (AvgIpc) is 2.91. The molecule has 3 N–H and O–H groups in total. The summed E-state index contributed by atoms with van der Waals surface area (Å²) in [6.07, 6.45) is 2.16. The van der Waals surface area contributed by atoms with Gasteiger partial charge in [-0.15, -0.1) is 11.3 Å². The van der Waals surface area contributed by atoms with Crippen LogP contribution < -0.4 is 5.32 Å². The molecule has 20 heavy (non-hydrogen) atoms. The summed E-state index contributed by atoms with van der Waals surface area (Å²) < 4.78 is 0. The van der Waals surface area contributed by atoms with Gasteiger partial charge < -0.3 is 15.5 Å². The number of aromatic hydroxyl groups is 2. The van der Waals surface area contributed by atoms with E-state index in [1.165, 1.54) is 10.9 Å². The van der Waals surface area contributed by atoms with Crippen molar-refractivity contribution in [1.29, 1.82) is 0 Å². The maximum atomic E-state index is 9.94. The van der Waals surface area contributed by atoms with Gasteiger partial charge in [-0.25, -0.2) is 0 Å². The number of rotatable bonds is 6. The molecule has 1 aromatic heterocycles. The molecule has 1 aromatic carbocycles. The summed E-state index contributed by atoms with van der Waals surface area (Å²) in [7, 11) is 0. The van der Waals surface area contributed by atoms with Gasteiger partial charge in [0.2, 0.25) is 0 Å². The number of phenols is 2. The molecule has 0 amide bonds. The van der Waals surface area contributed by atoms with Crippen molar-refractivity contribution in [2.24, 2.45) is 0 Å². The summed E-state index contributed by atoms with van der Waals surface area (Å²) >= 11 is 1.75. The molecule has 0 saturated carbocycles. The minimum absolute atomic E-state index is 0.0225. The SMILES string of the molecule is CCCC(NC(C)c1ccc(O)cc1O)c1cccs1. The van der Waals surface area contributed by atoms with E-state index < -0.39 is 0 Å². The Labute approximate surface area is 123 Å². The Hall–Kier alpha value is -1.52. The first-order valence-electron chi connectivity index (χ1n) is 6.93. The smallest absolute Gasteiger partial charge is 0.124 e. The van der Waals surface area contributed by atoms with E-state index in [-0.39, 0.29) is 17.5 Å². The second-order valence-electron chi connectivity index (χ2n) is 4.99. The zero-order valence-corrected chi connectivity index (χ0v) is 12.7. The highest BCUT2D eigenvalue weighted by Crippen LogP contribution is 2.31. The number of phenolic OH excluding ortho intramolecular Hbond substituents is 2. The van der Waals surface area contributed by atoms with Crippen LogP contribution in [0.25, 0.3) is 0 Å². The van der Waals surface area contributed by atoms with Gasteiger partial charge in [-0.3, -0.25) is 0 Å². The molecule has 2 atom stereocenters. The molecule has 0 bridgehead atoms. The fourth-order valence-electron chi connectivity index (χ4n) is 2.38. The summed E-state index contributed by atoms with van der Waals surface area (Å²) in [6, 6.07) is 9.27. The molecular weight excluding hydrogens is 270 g/mol. The molecule has 0 fully saturated rings. The van der Waals surface area contributed by atoms with Crippen LogP contribution in [0.15, 0.2) is 35.7 Å². The Bertz CT molecular complexity index is 539. The summed E-state index contributed by atoms with van der Waals surface area (Å²) in [4.78, 5) is 1.32. The normalized spacial score (nSPS) is 14.1. The van der Waals surface area contributed by atoms with Crippen LogP contribution in [0.5, 0.6) is 11.5 Å². The van der Waals surface area contributed by atoms with Crippen LogP contribution >= 0.6 is 11.3 Å². The summed E-state index contributed by atoms with van der Waals surface area (Å²) in [5, 5.41) is 24.9. The second-order valence-corrected chi connectivity index (χ2v) is 5.97. The Morgan fingerprint density at radius 2 is 2.05 bits per heavy atom. The van der Waals surface area contributed by atoms with E-state index in [1.54, 1.807) is 23.5 Å². The standard InChI is InChI=1S/C16H21NO2S/c1-3-5-14(16-6-4-9-20-16)17-11(2)13-8-7-12(18)10-15(13)19/h4,6-11,14,17-19H,3,5H2,1-2H3. The van der Waals surface area contributed by atoms with Crippen molar-refractivity contribution in [2.75, 3.05) is 0 Å². The van der Waals surface area contributed by atoms with Crippen LogP contribution in [-0.4, -0.2) is 10.2 Å². The van der Waals surface area contributed by atoms with Gasteiger partial charge in [0.1, 0.15) is 11.5 Å². The van der Waals surface area contributed by atoms with Crippen LogP contribution in [0.1, 0.15) is 49.2 Å². The molecule has 4 heteroatoms. The van der Waals surface area contributed by atoms with Gasteiger partial charge in [0.25, 0.3) is 0 Å². The summed E-state index contributed by atoms with van der Waals surface area (Å²) in [5.74, 6) is 0.216. The molecule has 2 aromatic rings. The highest BCUT2D eigenvalue weighted by molar-refractivity contribution is 7.10. The third-order valence-corrected chi connectivity index (χ3v) is 4.38. The summed E-state index contributed by atoms with van der Waals surface area (Å²) in [6.45, 7) is 4.20. The molecule has 2 rings (SSSR count). The lowest BCUT2D eigenvalue weighted by Gasteiger charge is -2.23. The number of hydrogen-bond acceptors (Lipinski definition) is 4. The van der Waals surface area contributed by atoms with Crippen LogP contribution in [0.3, 0.4) is 0 Å². The van der Waals surface area contributed by atoms with E-state index in [1.807, 2.05) is 6.92 Å². The number of benzene rings is 1. The van der Waals surface area contributed by atoms with E-state index in [2.05, 4.69) is 29.8 Å². The Morgan fingerprint density at radius 3 is 2.65 bits per heavy atom. The molecule has 108 valence electrons. The third-order valence-electron chi connectivity index (χ3n) is 3.40. The molecule has 0 aliphatic rings. The van der Waals surface area contributed by atoms with Crippen molar-refractivity contribution in [3.63, 3.8) is 0 Å².